The minimum atomic E-state index is -0.316. The zero-order valence-corrected chi connectivity index (χ0v) is 11.5. The van der Waals surface area contributed by atoms with Crippen LogP contribution in [0.3, 0.4) is 0 Å². The number of nitrogens with zero attached hydrogens (tertiary/aromatic N) is 2. The summed E-state index contributed by atoms with van der Waals surface area (Å²) in [4.78, 5) is 25.2. The second-order valence-electron chi connectivity index (χ2n) is 4.49. The van der Waals surface area contributed by atoms with Crippen molar-refractivity contribution in [1.29, 1.82) is 0 Å². The highest BCUT2D eigenvalue weighted by atomic mass is 32.1. The van der Waals surface area contributed by atoms with Crippen LogP contribution in [0.1, 0.15) is 29.2 Å². The Labute approximate surface area is 113 Å². The number of pyridine rings is 1. The third-order valence-electron chi connectivity index (χ3n) is 2.32. The Hall–Kier alpha value is -2.02. The lowest BCUT2D eigenvalue weighted by Crippen LogP contribution is -2.14. The van der Waals surface area contributed by atoms with E-state index in [-0.39, 0.29) is 11.5 Å². The van der Waals surface area contributed by atoms with E-state index in [4.69, 9.17) is 0 Å². The normalized spacial score (nSPS) is 10.7. The third kappa shape index (κ3) is 3.72. The van der Waals surface area contributed by atoms with Gasteiger partial charge in [-0.1, -0.05) is 25.2 Å². The fourth-order valence-electron chi connectivity index (χ4n) is 1.46. The van der Waals surface area contributed by atoms with Crippen molar-refractivity contribution in [2.75, 3.05) is 5.32 Å². The molecule has 0 fully saturated rings. The van der Waals surface area contributed by atoms with Gasteiger partial charge in [-0.3, -0.25) is 14.9 Å². The van der Waals surface area contributed by atoms with Gasteiger partial charge in [0.2, 0.25) is 10.7 Å². The molecule has 2 aromatic rings. The first-order valence-electron chi connectivity index (χ1n) is 5.87. The molecular weight excluding hydrogens is 264 g/mol. The van der Waals surface area contributed by atoms with Crippen LogP contribution in [0, 0.1) is 5.92 Å². The highest BCUT2D eigenvalue weighted by Gasteiger charge is 2.10. The number of amides is 1. The first kappa shape index (κ1) is 13.4. The molecule has 2 aromatic heterocycles. The van der Waals surface area contributed by atoms with Crippen LogP contribution in [0.2, 0.25) is 0 Å². The van der Waals surface area contributed by atoms with Gasteiger partial charge in [0.1, 0.15) is 5.01 Å². The molecule has 0 spiro atoms. The Bertz CT molecular complexity index is 612. The molecule has 19 heavy (non-hydrogen) atoms. The van der Waals surface area contributed by atoms with Crippen molar-refractivity contribution in [2.24, 2.45) is 5.92 Å². The van der Waals surface area contributed by atoms with Crippen LogP contribution >= 0.6 is 11.3 Å². The number of hydrogen-bond donors (Lipinski definition) is 2. The number of rotatable bonds is 4. The average molecular weight is 278 g/mol. The molecule has 0 saturated carbocycles. The van der Waals surface area contributed by atoms with Gasteiger partial charge in [-0.15, -0.1) is 10.2 Å². The second kappa shape index (κ2) is 5.75. The summed E-state index contributed by atoms with van der Waals surface area (Å²) in [6.45, 7) is 4.19. The Kier molecular flexibility index (Phi) is 4.06. The second-order valence-corrected chi connectivity index (χ2v) is 5.56. The predicted octanol–water partition coefficient (Wildman–Crippen LogP) is 1.68. The van der Waals surface area contributed by atoms with E-state index in [0.717, 1.165) is 11.4 Å². The molecule has 0 bridgehead atoms. The topological polar surface area (TPSA) is 87.7 Å². The van der Waals surface area contributed by atoms with Crippen molar-refractivity contribution >= 4 is 22.4 Å². The molecule has 7 heteroatoms. The van der Waals surface area contributed by atoms with E-state index in [0.29, 0.717) is 16.6 Å². The van der Waals surface area contributed by atoms with Crippen LogP contribution in [0.4, 0.5) is 5.13 Å². The SMILES string of the molecule is CC(C)Cc1nnc(NC(=O)c2ccc(=O)[nH]c2)s1. The Morgan fingerprint density at radius 3 is 2.84 bits per heavy atom. The summed E-state index contributed by atoms with van der Waals surface area (Å²) >= 11 is 1.36. The molecule has 2 N–H and O–H groups in total. The molecule has 0 radical (unpaired) electrons. The van der Waals surface area contributed by atoms with Gasteiger partial charge in [0.05, 0.1) is 5.56 Å². The maximum absolute atomic E-state index is 11.9. The molecule has 2 heterocycles. The summed E-state index contributed by atoms with van der Waals surface area (Å²) in [7, 11) is 0. The standard InChI is InChI=1S/C12H14N4O2S/c1-7(2)5-10-15-16-12(19-10)14-11(18)8-3-4-9(17)13-6-8/h3-4,6-7H,5H2,1-2H3,(H,13,17)(H,14,16,18). The third-order valence-corrected chi connectivity index (χ3v) is 3.18. The summed E-state index contributed by atoms with van der Waals surface area (Å²) in [6, 6.07) is 2.77. The van der Waals surface area contributed by atoms with E-state index in [1.54, 1.807) is 0 Å². The van der Waals surface area contributed by atoms with Gasteiger partial charge in [-0.05, 0) is 12.0 Å². The number of hydrogen-bond acceptors (Lipinski definition) is 5. The highest BCUT2D eigenvalue weighted by molar-refractivity contribution is 7.15. The summed E-state index contributed by atoms with van der Waals surface area (Å²) in [5, 5.41) is 11.9. The van der Waals surface area contributed by atoms with Crippen LogP contribution in [-0.2, 0) is 6.42 Å². The fraction of sp³-hybridized carbons (Fsp3) is 0.333. The van der Waals surface area contributed by atoms with Gasteiger partial charge in [0.25, 0.3) is 5.91 Å². The number of aromatic nitrogens is 3. The van der Waals surface area contributed by atoms with Crippen molar-refractivity contribution in [2.45, 2.75) is 20.3 Å². The van der Waals surface area contributed by atoms with E-state index in [2.05, 4.69) is 34.3 Å². The Morgan fingerprint density at radius 1 is 1.42 bits per heavy atom. The molecule has 1 amide bonds. The molecular formula is C12H14N4O2S. The number of anilines is 1. The van der Waals surface area contributed by atoms with Gasteiger partial charge in [0.15, 0.2) is 0 Å². The summed E-state index contributed by atoms with van der Waals surface area (Å²) in [6.07, 6.45) is 2.21. The Morgan fingerprint density at radius 2 is 2.21 bits per heavy atom. The lowest BCUT2D eigenvalue weighted by Gasteiger charge is -2.00. The van der Waals surface area contributed by atoms with Crippen LogP contribution in [0.5, 0.6) is 0 Å². The lowest BCUT2D eigenvalue weighted by molar-refractivity contribution is 0.102. The molecule has 2 rings (SSSR count). The summed E-state index contributed by atoms with van der Waals surface area (Å²) < 4.78 is 0. The van der Waals surface area contributed by atoms with E-state index in [1.165, 1.54) is 29.7 Å². The minimum absolute atomic E-state index is 0.244. The van der Waals surface area contributed by atoms with Crippen molar-refractivity contribution in [1.82, 2.24) is 15.2 Å². The van der Waals surface area contributed by atoms with E-state index in [9.17, 15) is 9.59 Å². The van der Waals surface area contributed by atoms with Crippen molar-refractivity contribution in [3.8, 4) is 0 Å². The zero-order chi connectivity index (χ0) is 13.8. The molecule has 0 aliphatic carbocycles. The van der Waals surface area contributed by atoms with E-state index >= 15 is 0 Å². The van der Waals surface area contributed by atoms with Crippen molar-refractivity contribution in [3.05, 3.63) is 39.3 Å². The summed E-state index contributed by atoms with van der Waals surface area (Å²) in [5.74, 6) is 0.180. The largest absolute Gasteiger partial charge is 0.328 e. The molecule has 0 aromatic carbocycles. The van der Waals surface area contributed by atoms with E-state index in [1.807, 2.05) is 0 Å². The maximum atomic E-state index is 11.9. The highest BCUT2D eigenvalue weighted by Crippen LogP contribution is 2.18. The minimum Gasteiger partial charge on any atom is -0.328 e. The molecule has 0 aliphatic rings. The van der Waals surface area contributed by atoms with Crippen LogP contribution in [-0.4, -0.2) is 21.1 Å². The average Bonchev–Trinajstić information content (AvgIpc) is 2.76. The van der Waals surface area contributed by atoms with Gasteiger partial charge in [-0.2, -0.15) is 0 Å². The summed E-state index contributed by atoms with van der Waals surface area (Å²) in [5.41, 5.74) is 0.131. The molecule has 0 unspecified atom stereocenters. The lowest BCUT2D eigenvalue weighted by atomic mass is 10.1. The van der Waals surface area contributed by atoms with Crippen LogP contribution in [0.15, 0.2) is 23.1 Å². The van der Waals surface area contributed by atoms with Crippen molar-refractivity contribution < 1.29 is 4.79 Å². The van der Waals surface area contributed by atoms with Crippen molar-refractivity contribution in [3.63, 3.8) is 0 Å². The Balaban J connectivity index is 2.04. The molecule has 0 atom stereocenters. The molecule has 0 saturated heterocycles. The molecule has 0 aliphatic heterocycles. The number of carbonyl (C=O) groups is 1. The smallest absolute Gasteiger partial charge is 0.258 e. The van der Waals surface area contributed by atoms with Crippen LogP contribution in [0.25, 0.3) is 0 Å². The molecule has 100 valence electrons. The van der Waals surface area contributed by atoms with Gasteiger partial charge >= 0.3 is 0 Å². The quantitative estimate of drug-likeness (QED) is 0.890. The fourth-order valence-corrected chi connectivity index (χ4v) is 2.40. The molecule has 6 nitrogen and oxygen atoms in total. The first-order valence-corrected chi connectivity index (χ1v) is 6.68. The van der Waals surface area contributed by atoms with Gasteiger partial charge in [0, 0.05) is 18.7 Å². The number of aromatic amines is 1. The number of nitrogens with one attached hydrogen (secondary N) is 2. The number of carbonyl (C=O) groups excluding carboxylic acids is 1. The number of H-pyrrole nitrogens is 1. The van der Waals surface area contributed by atoms with Crippen LogP contribution < -0.4 is 10.9 Å². The predicted molar refractivity (Wildman–Crippen MR) is 73.5 cm³/mol. The van der Waals surface area contributed by atoms with Gasteiger partial charge in [-0.25, -0.2) is 0 Å². The maximum Gasteiger partial charge on any atom is 0.258 e. The van der Waals surface area contributed by atoms with Gasteiger partial charge < -0.3 is 4.98 Å². The monoisotopic (exact) mass is 278 g/mol. The first-order chi connectivity index (χ1) is 9.04. The zero-order valence-electron chi connectivity index (χ0n) is 10.6. The van der Waals surface area contributed by atoms with E-state index < -0.39 is 0 Å².